The molecule has 0 radical (unpaired) electrons. The van der Waals surface area contributed by atoms with Crippen LogP contribution >= 0.6 is 0 Å². The highest BCUT2D eigenvalue weighted by atomic mass is 16.6. The lowest BCUT2D eigenvalue weighted by atomic mass is 10.1. The zero-order chi connectivity index (χ0) is 19.9. The number of rotatable bonds is 8. The fourth-order valence-corrected chi connectivity index (χ4v) is 2.64. The van der Waals surface area contributed by atoms with Gasteiger partial charge in [0, 0.05) is 6.54 Å². The largest absolute Gasteiger partial charge is 0.492 e. The number of hydrogen-bond donors (Lipinski definition) is 2. The second-order valence-corrected chi connectivity index (χ2v) is 6.07. The zero-order valence-corrected chi connectivity index (χ0v) is 15.7. The molecule has 0 aliphatic rings. The molecule has 1 heterocycles. The molecule has 1 aromatic heterocycles. The molecule has 8 nitrogen and oxygen atoms in total. The molecule has 2 N–H and O–H groups in total. The number of nitro groups is 1. The van der Waals surface area contributed by atoms with Crippen molar-refractivity contribution in [3.8, 4) is 5.75 Å². The number of anilines is 3. The van der Waals surface area contributed by atoms with E-state index in [1.807, 2.05) is 50.2 Å². The smallest absolute Gasteiger partial charge is 0.353 e. The maximum atomic E-state index is 11.7. The van der Waals surface area contributed by atoms with Crippen LogP contribution in [0.25, 0.3) is 0 Å². The highest BCUT2D eigenvalue weighted by molar-refractivity contribution is 5.75. The Morgan fingerprint density at radius 1 is 1.07 bits per heavy atom. The number of para-hydroxylation sites is 2. The summed E-state index contributed by atoms with van der Waals surface area (Å²) >= 11 is 0. The van der Waals surface area contributed by atoms with E-state index in [9.17, 15) is 10.1 Å². The van der Waals surface area contributed by atoms with Crippen molar-refractivity contribution in [3.63, 3.8) is 0 Å². The van der Waals surface area contributed by atoms with Gasteiger partial charge in [0.25, 0.3) is 0 Å². The molecule has 0 aliphatic heterocycles. The van der Waals surface area contributed by atoms with E-state index >= 15 is 0 Å². The molecule has 28 heavy (non-hydrogen) atoms. The number of aryl methyl sites for hydroxylation is 1. The van der Waals surface area contributed by atoms with Crippen LogP contribution in [0.2, 0.25) is 0 Å². The number of hydrogen-bond acceptors (Lipinski definition) is 7. The maximum absolute atomic E-state index is 11.7. The third-order valence-electron chi connectivity index (χ3n) is 4.03. The van der Waals surface area contributed by atoms with E-state index in [1.165, 1.54) is 6.33 Å². The fraction of sp³-hybridized carbons (Fsp3) is 0.200. The minimum absolute atomic E-state index is 0.0959. The second-order valence-electron chi connectivity index (χ2n) is 6.07. The quantitative estimate of drug-likeness (QED) is 0.440. The van der Waals surface area contributed by atoms with Crippen molar-refractivity contribution in [2.45, 2.75) is 20.4 Å². The Morgan fingerprint density at radius 3 is 2.50 bits per heavy atom. The molecule has 0 saturated heterocycles. The van der Waals surface area contributed by atoms with Crippen LogP contribution < -0.4 is 15.4 Å². The van der Waals surface area contributed by atoms with Gasteiger partial charge in [0.15, 0.2) is 0 Å². The van der Waals surface area contributed by atoms with Crippen molar-refractivity contribution in [2.24, 2.45) is 0 Å². The van der Waals surface area contributed by atoms with Crippen LogP contribution in [-0.4, -0.2) is 21.5 Å². The SMILES string of the molecule is CCOc1ccccc1Nc1ncnc(NCc2ccc(C)cc2)c1[N+](=O)[O-]. The average Bonchev–Trinajstić information content (AvgIpc) is 2.69. The zero-order valence-electron chi connectivity index (χ0n) is 15.7. The Labute approximate surface area is 162 Å². The first-order valence-electron chi connectivity index (χ1n) is 8.86. The molecule has 8 heteroatoms. The van der Waals surface area contributed by atoms with E-state index in [-0.39, 0.29) is 17.3 Å². The maximum Gasteiger partial charge on any atom is 0.353 e. The van der Waals surface area contributed by atoms with E-state index in [1.54, 1.807) is 12.1 Å². The Kier molecular flexibility index (Phi) is 6.01. The number of nitrogens with one attached hydrogen (secondary N) is 2. The monoisotopic (exact) mass is 379 g/mol. The summed E-state index contributed by atoms with van der Waals surface area (Å²) in [6.45, 7) is 4.77. The summed E-state index contributed by atoms with van der Waals surface area (Å²) in [5.41, 5.74) is 2.52. The highest BCUT2D eigenvalue weighted by Crippen LogP contribution is 2.34. The van der Waals surface area contributed by atoms with Crippen molar-refractivity contribution >= 4 is 23.0 Å². The van der Waals surface area contributed by atoms with Gasteiger partial charge in [-0.2, -0.15) is 0 Å². The molecule has 3 aromatic rings. The molecule has 0 atom stereocenters. The second kappa shape index (κ2) is 8.81. The average molecular weight is 379 g/mol. The van der Waals surface area contributed by atoms with Gasteiger partial charge in [0.1, 0.15) is 12.1 Å². The minimum atomic E-state index is -0.497. The predicted octanol–water partition coefficient (Wildman–Crippen LogP) is 4.45. The summed E-state index contributed by atoms with van der Waals surface area (Å²) in [6, 6.07) is 15.1. The van der Waals surface area contributed by atoms with Crippen molar-refractivity contribution in [1.82, 2.24) is 9.97 Å². The van der Waals surface area contributed by atoms with Gasteiger partial charge in [-0.3, -0.25) is 10.1 Å². The lowest BCUT2D eigenvalue weighted by molar-refractivity contribution is -0.383. The van der Waals surface area contributed by atoms with Crippen LogP contribution in [0.3, 0.4) is 0 Å². The van der Waals surface area contributed by atoms with E-state index in [0.717, 1.165) is 11.1 Å². The summed E-state index contributed by atoms with van der Waals surface area (Å²) in [6.07, 6.45) is 1.29. The molecule has 0 saturated carbocycles. The van der Waals surface area contributed by atoms with Gasteiger partial charge in [-0.15, -0.1) is 0 Å². The van der Waals surface area contributed by atoms with Crippen LogP contribution in [-0.2, 0) is 6.54 Å². The number of aromatic nitrogens is 2. The molecule has 0 unspecified atom stereocenters. The van der Waals surface area contributed by atoms with E-state index in [2.05, 4.69) is 20.6 Å². The standard InChI is InChI=1S/C20H21N5O3/c1-3-28-17-7-5-4-6-16(17)24-20-18(25(26)27)19(22-13-23-20)21-12-15-10-8-14(2)9-11-15/h4-11,13H,3,12H2,1-2H3,(H2,21,22,23,24). The van der Waals surface area contributed by atoms with Crippen molar-refractivity contribution < 1.29 is 9.66 Å². The van der Waals surface area contributed by atoms with Crippen LogP contribution in [0, 0.1) is 17.0 Å². The Balaban J connectivity index is 1.87. The topological polar surface area (TPSA) is 102 Å². The van der Waals surface area contributed by atoms with Crippen LogP contribution in [0.5, 0.6) is 5.75 Å². The first-order valence-corrected chi connectivity index (χ1v) is 8.86. The molecule has 0 amide bonds. The first kappa shape index (κ1) is 19.1. The molecule has 3 rings (SSSR count). The van der Waals surface area contributed by atoms with Crippen LogP contribution in [0.4, 0.5) is 23.0 Å². The third-order valence-corrected chi connectivity index (χ3v) is 4.03. The Hall–Kier alpha value is -3.68. The van der Waals surface area contributed by atoms with Crippen molar-refractivity contribution in [1.29, 1.82) is 0 Å². The van der Waals surface area contributed by atoms with Gasteiger partial charge in [0.2, 0.25) is 11.6 Å². The fourth-order valence-electron chi connectivity index (χ4n) is 2.64. The minimum Gasteiger partial charge on any atom is -0.492 e. The molecule has 0 bridgehead atoms. The Morgan fingerprint density at radius 2 is 1.79 bits per heavy atom. The van der Waals surface area contributed by atoms with Gasteiger partial charge >= 0.3 is 5.69 Å². The lowest BCUT2D eigenvalue weighted by Gasteiger charge is -2.13. The summed E-state index contributed by atoms with van der Waals surface area (Å²) in [7, 11) is 0. The van der Waals surface area contributed by atoms with Gasteiger partial charge in [-0.1, -0.05) is 42.0 Å². The van der Waals surface area contributed by atoms with Crippen molar-refractivity contribution in [3.05, 3.63) is 76.1 Å². The first-order chi connectivity index (χ1) is 13.6. The van der Waals surface area contributed by atoms with Crippen LogP contribution in [0.1, 0.15) is 18.1 Å². The normalized spacial score (nSPS) is 10.4. The number of benzene rings is 2. The highest BCUT2D eigenvalue weighted by Gasteiger charge is 2.23. The number of nitrogens with zero attached hydrogens (tertiary/aromatic N) is 3. The molecule has 2 aromatic carbocycles. The van der Waals surface area contributed by atoms with Gasteiger partial charge < -0.3 is 15.4 Å². The molecule has 144 valence electrons. The number of ether oxygens (including phenoxy) is 1. The molecule has 0 aliphatic carbocycles. The lowest BCUT2D eigenvalue weighted by Crippen LogP contribution is -2.08. The van der Waals surface area contributed by atoms with Crippen LogP contribution in [0.15, 0.2) is 54.9 Å². The summed E-state index contributed by atoms with van der Waals surface area (Å²) in [4.78, 5) is 19.3. The third kappa shape index (κ3) is 4.53. The van der Waals surface area contributed by atoms with E-state index in [0.29, 0.717) is 24.6 Å². The summed E-state index contributed by atoms with van der Waals surface area (Å²) < 4.78 is 5.56. The molecular formula is C20H21N5O3. The van der Waals surface area contributed by atoms with Gasteiger partial charge in [0.05, 0.1) is 17.2 Å². The Bertz CT molecular complexity index is 960. The molecule has 0 spiro atoms. The molecule has 0 fully saturated rings. The van der Waals surface area contributed by atoms with Crippen molar-refractivity contribution in [2.75, 3.05) is 17.2 Å². The molecular weight excluding hydrogens is 358 g/mol. The van der Waals surface area contributed by atoms with E-state index in [4.69, 9.17) is 4.74 Å². The van der Waals surface area contributed by atoms with E-state index < -0.39 is 4.92 Å². The predicted molar refractivity (Wildman–Crippen MR) is 108 cm³/mol. The summed E-state index contributed by atoms with van der Waals surface area (Å²) in [5.74, 6) is 0.836. The van der Waals surface area contributed by atoms with Gasteiger partial charge in [-0.25, -0.2) is 9.97 Å². The summed E-state index contributed by atoms with van der Waals surface area (Å²) in [5, 5.41) is 17.7. The van der Waals surface area contributed by atoms with Gasteiger partial charge in [-0.05, 0) is 31.5 Å².